The van der Waals surface area contributed by atoms with Crippen LogP contribution in [0.3, 0.4) is 0 Å². The third-order valence-corrected chi connectivity index (χ3v) is 8.74. The van der Waals surface area contributed by atoms with Crippen molar-refractivity contribution in [2.24, 2.45) is 5.92 Å². The Bertz CT molecular complexity index is 1130. The zero-order chi connectivity index (χ0) is 28.6. The highest BCUT2D eigenvalue weighted by Gasteiger charge is 2.43. The standard InChI is InChI=1S/C33H50N2O4/c1-22-27(30(37)34-33(20-39-21-33)18-29(36)38-8)17-28(35(22)19-23-12-10-9-11-13-23)24-14-25(31(2,3)4)16-26(15-24)32(5,6)7/h14-17,23,30,34,37H,9-13,18-21H2,1-8H3. The van der Waals surface area contributed by atoms with Gasteiger partial charge in [0, 0.05) is 23.5 Å². The van der Waals surface area contributed by atoms with Crippen LogP contribution in [-0.2, 0) is 31.6 Å². The third-order valence-electron chi connectivity index (χ3n) is 8.74. The van der Waals surface area contributed by atoms with Crippen molar-refractivity contribution in [2.75, 3.05) is 20.3 Å². The Morgan fingerprint density at radius 3 is 2.13 bits per heavy atom. The number of nitrogens with zero attached hydrogens (tertiary/aromatic N) is 1. The number of hydrogen-bond donors (Lipinski definition) is 2. The van der Waals surface area contributed by atoms with Crippen LogP contribution in [0.25, 0.3) is 11.3 Å². The zero-order valence-electron chi connectivity index (χ0n) is 25.4. The second kappa shape index (κ2) is 11.4. The highest BCUT2D eigenvalue weighted by molar-refractivity contribution is 5.71. The number of rotatable bonds is 8. The minimum Gasteiger partial charge on any atom is -0.469 e. The van der Waals surface area contributed by atoms with Crippen molar-refractivity contribution in [2.45, 2.75) is 116 Å². The molecule has 1 saturated carbocycles. The number of carbonyl (C=O) groups is 1. The van der Waals surface area contributed by atoms with E-state index in [1.807, 2.05) is 0 Å². The number of nitrogens with one attached hydrogen (secondary N) is 1. The van der Waals surface area contributed by atoms with Gasteiger partial charge in [-0.15, -0.1) is 0 Å². The van der Waals surface area contributed by atoms with E-state index in [2.05, 4.69) is 82.6 Å². The Labute approximate surface area is 235 Å². The lowest BCUT2D eigenvalue weighted by Gasteiger charge is -2.42. The van der Waals surface area contributed by atoms with Gasteiger partial charge in [-0.1, -0.05) is 66.9 Å². The summed E-state index contributed by atoms with van der Waals surface area (Å²) in [6.07, 6.45) is 5.66. The molecule has 39 heavy (non-hydrogen) atoms. The summed E-state index contributed by atoms with van der Waals surface area (Å²) in [6, 6.07) is 9.19. The molecule has 2 heterocycles. The molecule has 6 nitrogen and oxygen atoms in total. The van der Waals surface area contributed by atoms with E-state index in [1.165, 1.54) is 55.9 Å². The van der Waals surface area contributed by atoms with Crippen molar-refractivity contribution in [3.63, 3.8) is 0 Å². The largest absolute Gasteiger partial charge is 0.469 e. The van der Waals surface area contributed by atoms with Crippen LogP contribution in [0.15, 0.2) is 24.3 Å². The number of esters is 1. The van der Waals surface area contributed by atoms with Crippen LogP contribution in [-0.4, -0.2) is 41.5 Å². The Hall–Kier alpha value is -2.15. The summed E-state index contributed by atoms with van der Waals surface area (Å²) in [4.78, 5) is 12.1. The first-order valence-electron chi connectivity index (χ1n) is 14.7. The quantitative estimate of drug-likeness (QED) is 0.294. The minimum atomic E-state index is -0.919. The molecule has 216 valence electrons. The first-order valence-corrected chi connectivity index (χ1v) is 14.7. The molecule has 0 spiro atoms. The van der Waals surface area contributed by atoms with Gasteiger partial charge in [0.15, 0.2) is 0 Å². The number of ether oxygens (including phenoxy) is 2. The average molecular weight is 539 g/mol. The molecule has 4 rings (SSSR count). The summed E-state index contributed by atoms with van der Waals surface area (Å²) in [7, 11) is 1.39. The molecule has 1 aromatic carbocycles. The molecule has 1 atom stereocenters. The predicted molar refractivity (Wildman–Crippen MR) is 157 cm³/mol. The zero-order valence-corrected chi connectivity index (χ0v) is 25.4. The maximum Gasteiger partial charge on any atom is 0.307 e. The first-order chi connectivity index (χ1) is 18.2. The third kappa shape index (κ3) is 6.78. The van der Waals surface area contributed by atoms with E-state index in [9.17, 15) is 9.90 Å². The van der Waals surface area contributed by atoms with Crippen LogP contribution in [0, 0.1) is 12.8 Å². The fraction of sp³-hybridized carbons (Fsp3) is 0.667. The van der Waals surface area contributed by atoms with E-state index in [-0.39, 0.29) is 23.2 Å². The lowest BCUT2D eigenvalue weighted by Crippen LogP contribution is -2.62. The van der Waals surface area contributed by atoms with Gasteiger partial charge in [0.05, 0.1) is 32.3 Å². The fourth-order valence-corrected chi connectivity index (χ4v) is 5.99. The van der Waals surface area contributed by atoms with Crippen molar-refractivity contribution in [3.8, 4) is 11.3 Å². The van der Waals surface area contributed by atoms with Gasteiger partial charge in [0.1, 0.15) is 6.23 Å². The van der Waals surface area contributed by atoms with Crippen molar-refractivity contribution in [1.29, 1.82) is 0 Å². The van der Waals surface area contributed by atoms with E-state index >= 15 is 0 Å². The lowest BCUT2D eigenvalue weighted by atomic mass is 9.79. The maximum atomic E-state index is 12.1. The molecule has 1 aliphatic heterocycles. The Balaban J connectivity index is 1.78. The molecule has 2 fully saturated rings. The van der Waals surface area contributed by atoms with Crippen molar-refractivity contribution in [3.05, 3.63) is 46.6 Å². The Morgan fingerprint density at radius 2 is 1.64 bits per heavy atom. The van der Waals surface area contributed by atoms with Gasteiger partial charge >= 0.3 is 5.97 Å². The highest BCUT2D eigenvalue weighted by atomic mass is 16.5. The lowest BCUT2D eigenvalue weighted by molar-refractivity contribution is -0.153. The molecule has 2 aromatic rings. The van der Waals surface area contributed by atoms with Gasteiger partial charge in [-0.2, -0.15) is 0 Å². The number of hydrogen-bond acceptors (Lipinski definition) is 5. The molecule has 2 N–H and O–H groups in total. The molecule has 0 amide bonds. The molecule has 0 radical (unpaired) electrons. The highest BCUT2D eigenvalue weighted by Crippen LogP contribution is 2.38. The summed E-state index contributed by atoms with van der Waals surface area (Å²) in [6.45, 7) is 17.4. The summed E-state index contributed by atoms with van der Waals surface area (Å²) in [5.74, 6) is 0.333. The van der Waals surface area contributed by atoms with E-state index < -0.39 is 11.8 Å². The molecular weight excluding hydrogens is 488 g/mol. The number of aliphatic hydroxyl groups excluding tert-OH is 1. The molecule has 1 aromatic heterocycles. The molecule has 6 heteroatoms. The average Bonchev–Trinajstić information content (AvgIpc) is 3.17. The first kappa shape index (κ1) is 29.8. The summed E-state index contributed by atoms with van der Waals surface area (Å²) >= 11 is 0. The summed E-state index contributed by atoms with van der Waals surface area (Å²) in [5.41, 5.74) is 6.32. The van der Waals surface area contributed by atoms with Gasteiger partial charge in [0.25, 0.3) is 0 Å². The van der Waals surface area contributed by atoms with Crippen molar-refractivity contribution in [1.82, 2.24) is 9.88 Å². The van der Waals surface area contributed by atoms with Gasteiger partial charge in [-0.25, -0.2) is 0 Å². The normalized spacial score (nSPS) is 19.0. The van der Waals surface area contributed by atoms with Gasteiger partial charge in [-0.05, 0) is 71.4 Å². The minimum absolute atomic E-state index is 0.0141. The number of methoxy groups -OCH3 is 1. The van der Waals surface area contributed by atoms with Gasteiger partial charge in [0.2, 0.25) is 0 Å². The van der Waals surface area contributed by atoms with Crippen LogP contribution >= 0.6 is 0 Å². The molecule has 0 bridgehead atoms. The molecule has 1 unspecified atom stereocenters. The second-order valence-corrected chi connectivity index (χ2v) is 14.1. The predicted octanol–water partition coefficient (Wildman–Crippen LogP) is 6.55. The second-order valence-electron chi connectivity index (χ2n) is 14.1. The van der Waals surface area contributed by atoms with Crippen LogP contribution in [0.5, 0.6) is 0 Å². The molecule has 1 aliphatic carbocycles. The number of carbonyl (C=O) groups excluding carboxylic acids is 1. The van der Waals surface area contributed by atoms with Crippen molar-refractivity contribution < 1.29 is 19.4 Å². The van der Waals surface area contributed by atoms with Crippen LogP contribution in [0.2, 0.25) is 0 Å². The van der Waals surface area contributed by atoms with Crippen LogP contribution in [0.4, 0.5) is 0 Å². The fourth-order valence-electron chi connectivity index (χ4n) is 5.99. The molecular formula is C33H50N2O4. The smallest absolute Gasteiger partial charge is 0.307 e. The van der Waals surface area contributed by atoms with Gasteiger partial charge in [-0.3, -0.25) is 10.1 Å². The number of benzene rings is 1. The van der Waals surface area contributed by atoms with Crippen LogP contribution < -0.4 is 5.32 Å². The Morgan fingerprint density at radius 1 is 1.05 bits per heavy atom. The van der Waals surface area contributed by atoms with E-state index in [1.54, 1.807) is 0 Å². The summed E-state index contributed by atoms with van der Waals surface area (Å²) < 4.78 is 12.8. The Kier molecular flexibility index (Phi) is 8.70. The van der Waals surface area contributed by atoms with Gasteiger partial charge < -0.3 is 19.1 Å². The van der Waals surface area contributed by atoms with E-state index in [0.717, 1.165) is 23.5 Å². The van der Waals surface area contributed by atoms with E-state index in [4.69, 9.17) is 9.47 Å². The van der Waals surface area contributed by atoms with Crippen molar-refractivity contribution >= 4 is 5.97 Å². The summed E-state index contributed by atoms with van der Waals surface area (Å²) in [5, 5.41) is 14.8. The molecule has 2 aliphatic rings. The molecule has 1 saturated heterocycles. The monoisotopic (exact) mass is 538 g/mol. The number of aromatic nitrogens is 1. The number of aliphatic hydroxyl groups is 1. The van der Waals surface area contributed by atoms with E-state index in [0.29, 0.717) is 19.1 Å². The van der Waals surface area contributed by atoms with Crippen LogP contribution in [0.1, 0.15) is 109 Å². The maximum absolute atomic E-state index is 12.1. The SMILES string of the molecule is COC(=O)CC1(NC(O)c2cc(-c3cc(C(C)(C)C)cc(C(C)(C)C)c3)n(CC3CCCCC3)c2C)COC1. The topological polar surface area (TPSA) is 72.7 Å².